The first-order valence-electron chi connectivity index (χ1n) is 10.7. The van der Waals surface area contributed by atoms with Gasteiger partial charge in [0.2, 0.25) is 0 Å². The largest absolute Gasteiger partial charge is 0.481 e. The summed E-state index contributed by atoms with van der Waals surface area (Å²) in [4.78, 5) is 14.4. The van der Waals surface area contributed by atoms with E-state index in [2.05, 4.69) is 39.9 Å². The topological polar surface area (TPSA) is 58.4 Å². The van der Waals surface area contributed by atoms with E-state index in [0.29, 0.717) is 18.5 Å². The third kappa shape index (κ3) is 2.87. The first-order valence-corrected chi connectivity index (χ1v) is 10.7. The lowest BCUT2D eigenvalue weighted by Gasteiger charge is -2.23. The standard InChI is InChI=1S/C23H29N3O2/c27-22(28)23-12-6-9-19(23)15-25(16-23)14-18-13-24-26(20-10-4-5-11-20)21(18)17-7-2-1-3-8-17/h1-3,7-8,13,19-20H,4-6,9-12,14-16H2,(H,27,28)/t19-,23+/m0/s1. The molecule has 28 heavy (non-hydrogen) atoms. The molecule has 2 aliphatic carbocycles. The number of hydrogen-bond donors (Lipinski definition) is 1. The number of likely N-dealkylation sites (tertiary alicyclic amines) is 1. The van der Waals surface area contributed by atoms with E-state index in [1.807, 2.05) is 6.20 Å². The van der Waals surface area contributed by atoms with Crippen LogP contribution >= 0.6 is 0 Å². The third-order valence-electron chi connectivity index (χ3n) is 7.35. The highest BCUT2D eigenvalue weighted by Crippen LogP contribution is 2.49. The highest BCUT2D eigenvalue weighted by molar-refractivity contribution is 5.76. The zero-order chi connectivity index (χ0) is 19.1. The molecule has 1 N–H and O–H groups in total. The van der Waals surface area contributed by atoms with Crippen molar-refractivity contribution in [2.45, 2.75) is 57.5 Å². The first kappa shape index (κ1) is 17.9. The van der Waals surface area contributed by atoms with E-state index in [9.17, 15) is 9.90 Å². The Kier molecular flexibility index (Phi) is 4.50. The second kappa shape index (κ2) is 7.03. The molecule has 0 unspecified atom stereocenters. The number of aromatic nitrogens is 2. The predicted molar refractivity (Wildman–Crippen MR) is 108 cm³/mol. The fraction of sp³-hybridized carbons (Fsp3) is 0.565. The van der Waals surface area contributed by atoms with E-state index < -0.39 is 11.4 Å². The monoisotopic (exact) mass is 379 g/mol. The Labute approximate surface area is 166 Å². The van der Waals surface area contributed by atoms with Crippen LogP contribution in [0.3, 0.4) is 0 Å². The Hall–Kier alpha value is -2.14. The maximum absolute atomic E-state index is 12.0. The molecule has 1 saturated heterocycles. The first-order chi connectivity index (χ1) is 13.7. The maximum atomic E-state index is 12.0. The number of carboxylic acid groups (broad SMARTS) is 1. The molecule has 5 heteroatoms. The molecule has 1 aromatic carbocycles. The third-order valence-corrected chi connectivity index (χ3v) is 7.35. The Bertz CT molecular complexity index is 856. The normalized spacial score (nSPS) is 28.1. The van der Waals surface area contributed by atoms with Crippen LogP contribution in [0.5, 0.6) is 0 Å². The molecule has 1 aromatic heterocycles. The van der Waals surface area contributed by atoms with Gasteiger partial charge >= 0.3 is 5.97 Å². The summed E-state index contributed by atoms with van der Waals surface area (Å²) in [6, 6.07) is 11.1. The Morgan fingerprint density at radius 1 is 1.14 bits per heavy atom. The van der Waals surface area contributed by atoms with Crippen LogP contribution in [0.15, 0.2) is 36.5 Å². The predicted octanol–water partition coefficient (Wildman–Crippen LogP) is 4.35. The summed E-state index contributed by atoms with van der Waals surface area (Å²) in [5, 5.41) is 14.7. The van der Waals surface area contributed by atoms with Crippen molar-refractivity contribution >= 4 is 5.97 Å². The van der Waals surface area contributed by atoms with E-state index in [1.165, 1.54) is 42.5 Å². The van der Waals surface area contributed by atoms with Crippen LogP contribution in [0, 0.1) is 11.3 Å². The van der Waals surface area contributed by atoms with Gasteiger partial charge in [-0.25, -0.2) is 0 Å². The molecule has 3 fully saturated rings. The fourth-order valence-corrected chi connectivity index (χ4v) is 5.96. The number of benzene rings is 1. The highest BCUT2D eigenvalue weighted by atomic mass is 16.4. The number of carbonyl (C=O) groups is 1. The minimum Gasteiger partial charge on any atom is -0.481 e. The number of rotatable bonds is 5. The molecule has 1 aliphatic heterocycles. The van der Waals surface area contributed by atoms with Crippen LogP contribution in [-0.2, 0) is 11.3 Å². The summed E-state index contributed by atoms with van der Waals surface area (Å²) in [6.45, 7) is 2.37. The zero-order valence-electron chi connectivity index (χ0n) is 16.4. The smallest absolute Gasteiger partial charge is 0.311 e. The Morgan fingerprint density at radius 2 is 1.93 bits per heavy atom. The lowest BCUT2D eigenvalue weighted by molar-refractivity contribution is -0.149. The van der Waals surface area contributed by atoms with Crippen molar-refractivity contribution < 1.29 is 9.90 Å². The molecule has 0 spiro atoms. The molecule has 2 saturated carbocycles. The molecule has 2 aromatic rings. The van der Waals surface area contributed by atoms with Gasteiger partial charge in [-0.15, -0.1) is 0 Å². The number of nitrogens with zero attached hydrogens (tertiary/aromatic N) is 3. The lowest BCUT2D eigenvalue weighted by Crippen LogP contribution is -2.35. The number of carboxylic acids is 1. The minimum absolute atomic E-state index is 0.301. The van der Waals surface area contributed by atoms with Gasteiger partial charge in [-0.05, 0) is 31.6 Å². The van der Waals surface area contributed by atoms with E-state index in [1.54, 1.807) is 0 Å². The molecule has 0 bridgehead atoms. The lowest BCUT2D eigenvalue weighted by atomic mass is 9.81. The molecule has 2 atom stereocenters. The van der Waals surface area contributed by atoms with E-state index >= 15 is 0 Å². The fourth-order valence-electron chi connectivity index (χ4n) is 5.96. The van der Waals surface area contributed by atoms with Gasteiger partial charge in [0.1, 0.15) is 0 Å². The van der Waals surface area contributed by atoms with Crippen molar-refractivity contribution in [1.29, 1.82) is 0 Å². The van der Waals surface area contributed by atoms with E-state index in [-0.39, 0.29) is 0 Å². The average Bonchev–Trinajstić information content (AvgIpc) is 3.45. The van der Waals surface area contributed by atoms with Crippen LogP contribution in [0.4, 0.5) is 0 Å². The summed E-state index contributed by atoms with van der Waals surface area (Å²) in [6.07, 6.45) is 9.93. The van der Waals surface area contributed by atoms with Crippen LogP contribution in [0.1, 0.15) is 56.6 Å². The zero-order valence-corrected chi connectivity index (χ0v) is 16.4. The molecule has 2 heterocycles. The van der Waals surface area contributed by atoms with Crippen LogP contribution in [-0.4, -0.2) is 38.8 Å². The van der Waals surface area contributed by atoms with Gasteiger partial charge < -0.3 is 5.11 Å². The van der Waals surface area contributed by atoms with E-state index in [0.717, 1.165) is 32.4 Å². The van der Waals surface area contributed by atoms with Gasteiger partial charge in [0.25, 0.3) is 0 Å². The molecule has 3 aliphatic rings. The molecule has 5 rings (SSSR count). The van der Waals surface area contributed by atoms with Gasteiger partial charge in [-0.3, -0.25) is 14.4 Å². The molecule has 5 nitrogen and oxygen atoms in total. The van der Waals surface area contributed by atoms with Crippen molar-refractivity contribution in [3.63, 3.8) is 0 Å². The van der Waals surface area contributed by atoms with Gasteiger partial charge in [-0.1, -0.05) is 49.6 Å². The van der Waals surface area contributed by atoms with Crippen molar-refractivity contribution in [1.82, 2.24) is 14.7 Å². The summed E-state index contributed by atoms with van der Waals surface area (Å²) < 4.78 is 2.25. The number of aliphatic carboxylic acids is 1. The van der Waals surface area contributed by atoms with Gasteiger partial charge in [0.15, 0.2) is 0 Å². The number of hydrogen-bond acceptors (Lipinski definition) is 3. The van der Waals surface area contributed by atoms with Crippen molar-refractivity contribution in [2.75, 3.05) is 13.1 Å². The average molecular weight is 380 g/mol. The van der Waals surface area contributed by atoms with Gasteiger partial charge in [0.05, 0.1) is 23.3 Å². The highest BCUT2D eigenvalue weighted by Gasteiger charge is 2.54. The second-order valence-corrected chi connectivity index (χ2v) is 8.99. The van der Waals surface area contributed by atoms with E-state index in [4.69, 9.17) is 5.10 Å². The van der Waals surface area contributed by atoms with Crippen molar-refractivity contribution in [3.8, 4) is 11.3 Å². The van der Waals surface area contributed by atoms with Gasteiger partial charge in [-0.2, -0.15) is 5.10 Å². The molecule has 0 radical (unpaired) electrons. The van der Waals surface area contributed by atoms with Gasteiger partial charge in [0, 0.05) is 30.8 Å². The van der Waals surface area contributed by atoms with Crippen LogP contribution in [0.25, 0.3) is 11.3 Å². The minimum atomic E-state index is -0.595. The number of fused-ring (bicyclic) bond motifs is 1. The summed E-state index contributed by atoms with van der Waals surface area (Å²) in [7, 11) is 0. The summed E-state index contributed by atoms with van der Waals surface area (Å²) in [5.41, 5.74) is 3.16. The Balaban J connectivity index is 1.45. The molecular formula is C23H29N3O2. The SMILES string of the molecule is O=C(O)[C@@]12CCC[C@H]1CN(Cc1cnn(C3CCCC3)c1-c1ccccc1)C2. The summed E-state index contributed by atoms with van der Waals surface area (Å²) in [5.74, 6) is -0.294. The van der Waals surface area contributed by atoms with Crippen LogP contribution < -0.4 is 0 Å². The quantitative estimate of drug-likeness (QED) is 0.839. The second-order valence-electron chi connectivity index (χ2n) is 8.99. The Morgan fingerprint density at radius 3 is 2.64 bits per heavy atom. The van der Waals surface area contributed by atoms with Crippen LogP contribution in [0.2, 0.25) is 0 Å². The molecule has 148 valence electrons. The van der Waals surface area contributed by atoms with Crippen molar-refractivity contribution in [2.24, 2.45) is 11.3 Å². The summed E-state index contributed by atoms with van der Waals surface area (Å²) >= 11 is 0. The van der Waals surface area contributed by atoms with Crippen molar-refractivity contribution in [3.05, 3.63) is 42.1 Å². The maximum Gasteiger partial charge on any atom is 0.311 e. The molecular weight excluding hydrogens is 350 g/mol. The molecule has 0 amide bonds.